The van der Waals surface area contributed by atoms with E-state index in [1.54, 1.807) is 12.1 Å². The van der Waals surface area contributed by atoms with Crippen LogP contribution in [0.4, 0.5) is 0 Å². The molecule has 0 unspecified atom stereocenters. The zero-order valence-corrected chi connectivity index (χ0v) is 20.4. The molecular weight excluding hydrogens is 436 g/mol. The Labute approximate surface area is 197 Å². The van der Waals surface area contributed by atoms with Gasteiger partial charge in [-0.25, -0.2) is 8.42 Å². The van der Waals surface area contributed by atoms with Gasteiger partial charge in [-0.3, -0.25) is 4.79 Å². The SMILES string of the molecule is CC(C)c1ccc(CN(C(=O)CCc2ccc(S(=O)(=O)N3CCOCC3)cc2)C2CC2)cc1. The second-order valence-electron chi connectivity index (χ2n) is 9.31. The van der Waals surface area contributed by atoms with E-state index >= 15 is 0 Å². The average molecular weight is 471 g/mol. The van der Waals surface area contributed by atoms with Gasteiger partial charge in [0.05, 0.1) is 18.1 Å². The minimum absolute atomic E-state index is 0.162. The van der Waals surface area contributed by atoms with Crippen LogP contribution in [0, 0.1) is 0 Å². The number of carbonyl (C=O) groups is 1. The Hall–Kier alpha value is -2.22. The number of nitrogens with zero attached hydrogens (tertiary/aromatic N) is 2. The van der Waals surface area contributed by atoms with Gasteiger partial charge >= 0.3 is 0 Å². The fourth-order valence-corrected chi connectivity index (χ4v) is 5.58. The fraction of sp³-hybridized carbons (Fsp3) is 0.500. The summed E-state index contributed by atoms with van der Waals surface area (Å²) >= 11 is 0. The summed E-state index contributed by atoms with van der Waals surface area (Å²) in [7, 11) is -3.49. The van der Waals surface area contributed by atoms with Crippen molar-refractivity contribution in [2.75, 3.05) is 26.3 Å². The van der Waals surface area contributed by atoms with Gasteiger partial charge in [0.15, 0.2) is 0 Å². The topological polar surface area (TPSA) is 66.9 Å². The van der Waals surface area contributed by atoms with Crippen LogP contribution in [0.3, 0.4) is 0 Å². The molecule has 2 aromatic carbocycles. The van der Waals surface area contributed by atoms with Gasteiger partial charge in [0.25, 0.3) is 0 Å². The maximum atomic E-state index is 13.0. The molecular formula is C26H34N2O4S. The Bertz CT molecular complexity index is 1040. The van der Waals surface area contributed by atoms with E-state index < -0.39 is 10.0 Å². The molecule has 0 atom stereocenters. The molecule has 2 aliphatic rings. The van der Waals surface area contributed by atoms with Gasteiger partial charge < -0.3 is 9.64 Å². The van der Waals surface area contributed by atoms with Crippen molar-refractivity contribution < 1.29 is 17.9 Å². The quantitative estimate of drug-likeness (QED) is 0.557. The molecule has 0 radical (unpaired) electrons. The van der Waals surface area contributed by atoms with Crippen LogP contribution in [0.5, 0.6) is 0 Å². The summed E-state index contributed by atoms with van der Waals surface area (Å²) in [6.45, 7) is 6.64. The number of benzene rings is 2. The Kier molecular flexibility index (Phi) is 7.51. The van der Waals surface area contributed by atoms with Crippen LogP contribution in [0.2, 0.25) is 0 Å². The third-order valence-corrected chi connectivity index (χ3v) is 8.38. The van der Waals surface area contributed by atoms with E-state index in [9.17, 15) is 13.2 Å². The number of aryl methyl sites for hydroxylation is 1. The number of ether oxygens (including phenoxy) is 1. The second-order valence-corrected chi connectivity index (χ2v) is 11.2. The Morgan fingerprint density at radius 3 is 2.18 bits per heavy atom. The number of rotatable bonds is 9. The molecule has 33 heavy (non-hydrogen) atoms. The molecule has 1 aliphatic carbocycles. The standard InChI is InChI=1S/C26H34N2O4S/c1-20(2)23-8-3-22(4-9-23)19-28(24-10-11-24)26(29)14-7-21-5-12-25(13-6-21)33(30,31)27-15-17-32-18-16-27/h3-6,8-9,12-13,20,24H,7,10-11,14-19H2,1-2H3. The van der Waals surface area contributed by atoms with Crippen molar-refractivity contribution in [2.24, 2.45) is 0 Å². The zero-order chi connectivity index (χ0) is 23.4. The van der Waals surface area contributed by atoms with E-state index in [0.29, 0.717) is 62.5 Å². The monoisotopic (exact) mass is 470 g/mol. The minimum Gasteiger partial charge on any atom is -0.379 e. The smallest absolute Gasteiger partial charge is 0.243 e. The lowest BCUT2D eigenvalue weighted by molar-refractivity contribution is -0.132. The van der Waals surface area contributed by atoms with Crippen molar-refractivity contribution in [1.29, 1.82) is 0 Å². The van der Waals surface area contributed by atoms with Crippen molar-refractivity contribution >= 4 is 15.9 Å². The lowest BCUT2D eigenvalue weighted by Crippen LogP contribution is -2.40. The van der Waals surface area contributed by atoms with Crippen LogP contribution >= 0.6 is 0 Å². The van der Waals surface area contributed by atoms with Gasteiger partial charge in [-0.15, -0.1) is 0 Å². The number of morpholine rings is 1. The highest BCUT2D eigenvalue weighted by atomic mass is 32.2. The normalized spacial score (nSPS) is 17.3. The second kappa shape index (κ2) is 10.4. The van der Waals surface area contributed by atoms with Crippen molar-refractivity contribution in [3.63, 3.8) is 0 Å². The predicted molar refractivity (Wildman–Crippen MR) is 128 cm³/mol. The molecule has 0 aromatic heterocycles. The van der Waals surface area contributed by atoms with Crippen LogP contribution in [0.15, 0.2) is 53.4 Å². The average Bonchev–Trinajstić information content (AvgIpc) is 3.67. The molecule has 7 heteroatoms. The van der Waals surface area contributed by atoms with Crippen molar-refractivity contribution in [3.8, 4) is 0 Å². The van der Waals surface area contributed by atoms with Gasteiger partial charge in [-0.05, 0) is 54.0 Å². The number of hydrogen-bond acceptors (Lipinski definition) is 4. The van der Waals surface area contributed by atoms with E-state index in [-0.39, 0.29) is 5.91 Å². The molecule has 1 heterocycles. The van der Waals surface area contributed by atoms with Gasteiger partial charge in [-0.2, -0.15) is 4.31 Å². The van der Waals surface area contributed by atoms with Crippen LogP contribution in [0.25, 0.3) is 0 Å². The third kappa shape index (κ3) is 6.02. The lowest BCUT2D eigenvalue weighted by atomic mass is 10.0. The molecule has 0 spiro atoms. The zero-order valence-electron chi connectivity index (χ0n) is 19.6. The van der Waals surface area contributed by atoms with Gasteiger partial charge in [0, 0.05) is 32.1 Å². The Morgan fingerprint density at radius 1 is 1.00 bits per heavy atom. The highest BCUT2D eigenvalue weighted by molar-refractivity contribution is 7.89. The summed E-state index contributed by atoms with van der Waals surface area (Å²) < 4.78 is 32.3. The van der Waals surface area contributed by atoms with E-state index in [0.717, 1.165) is 24.0 Å². The van der Waals surface area contributed by atoms with Crippen molar-refractivity contribution in [3.05, 3.63) is 65.2 Å². The molecule has 1 aliphatic heterocycles. The van der Waals surface area contributed by atoms with Gasteiger partial charge in [-0.1, -0.05) is 50.2 Å². The Morgan fingerprint density at radius 2 is 1.61 bits per heavy atom. The van der Waals surface area contributed by atoms with Crippen LogP contribution < -0.4 is 0 Å². The van der Waals surface area contributed by atoms with Crippen molar-refractivity contribution in [2.45, 2.75) is 62.9 Å². The predicted octanol–water partition coefficient (Wildman–Crippen LogP) is 3.95. The number of hydrogen-bond donors (Lipinski definition) is 0. The Balaban J connectivity index is 1.35. The van der Waals surface area contributed by atoms with E-state index in [4.69, 9.17) is 4.74 Å². The van der Waals surface area contributed by atoms with Gasteiger partial charge in [0.1, 0.15) is 0 Å². The summed E-state index contributed by atoms with van der Waals surface area (Å²) in [6, 6.07) is 15.9. The van der Waals surface area contributed by atoms with Crippen LogP contribution in [-0.2, 0) is 32.5 Å². The van der Waals surface area contributed by atoms with Gasteiger partial charge in [0.2, 0.25) is 15.9 Å². The fourth-order valence-electron chi connectivity index (χ4n) is 4.17. The number of sulfonamides is 1. The minimum atomic E-state index is -3.49. The highest BCUT2D eigenvalue weighted by Gasteiger charge is 2.32. The van der Waals surface area contributed by atoms with E-state index in [1.807, 2.05) is 17.0 Å². The summed E-state index contributed by atoms with van der Waals surface area (Å²) in [4.78, 5) is 15.3. The molecule has 0 bridgehead atoms. The van der Waals surface area contributed by atoms with E-state index in [2.05, 4.69) is 38.1 Å². The first-order valence-corrected chi connectivity index (χ1v) is 13.3. The number of amides is 1. The maximum Gasteiger partial charge on any atom is 0.243 e. The molecule has 2 aromatic rings. The summed E-state index contributed by atoms with van der Waals surface area (Å²) in [5.74, 6) is 0.658. The summed E-state index contributed by atoms with van der Waals surface area (Å²) in [5.41, 5.74) is 3.45. The van der Waals surface area contributed by atoms with Crippen molar-refractivity contribution in [1.82, 2.24) is 9.21 Å². The molecule has 178 valence electrons. The molecule has 1 saturated carbocycles. The maximum absolute atomic E-state index is 13.0. The van der Waals surface area contributed by atoms with E-state index in [1.165, 1.54) is 9.87 Å². The highest BCUT2D eigenvalue weighted by Crippen LogP contribution is 2.29. The summed E-state index contributed by atoms with van der Waals surface area (Å²) in [6.07, 6.45) is 3.18. The molecule has 6 nitrogen and oxygen atoms in total. The molecule has 1 amide bonds. The largest absolute Gasteiger partial charge is 0.379 e. The molecule has 0 N–H and O–H groups in total. The molecule has 2 fully saturated rings. The molecule has 4 rings (SSSR count). The molecule has 1 saturated heterocycles. The first-order valence-electron chi connectivity index (χ1n) is 11.9. The van der Waals surface area contributed by atoms with Crippen LogP contribution in [0.1, 0.15) is 55.7 Å². The van der Waals surface area contributed by atoms with Crippen LogP contribution in [-0.4, -0.2) is 55.9 Å². The lowest BCUT2D eigenvalue weighted by Gasteiger charge is -2.26. The first kappa shape index (κ1) is 23.9. The third-order valence-electron chi connectivity index (χ3n) is 6.47. The first-order chi connectivity index (χ1) is 15.8. The number of carbonyl (C=O) groups excluding carboxylic acids is 1. The summed E-state index contributed by atoms with van der Waals surface area (Å²) in [5, 5.41) is 0.